The smallest absolute Gasteiger partial charge is 0.257 e. The Morgan fingerprint density at radius 3 is 2.65 bits per heavy atom. The number of nitrogens with zero attached hydrogens (tertiary/aromatic N) is 1. The van der Waals surface area contributed by atoms with Crippen LogP contribution in [0.2, 0.25) is 0 Å². The number of nitrogens with one attached hydrogen (secondary N) is 1. The Kier molecular flexibility index (Phi) is 6.06. The molecule has 0 unspecified atom stereocenters. The lowest BCUT2D eigenvalue weighted by atomic mass is 10.1. The van der Waals surface area contributed by atoms with Crippen LogP contribution in [0.5, 0.6) is 5.75 Å². The van der Waals surface area contributed by atoms with Crippen LogP contribution in [0.25, 0.3) is 6.08 Å². The van der Waals surface area contributed by atoms with Crippen molar-refractivity contribution in [3.8, 4) is 5.75 Å². The third-order valence-electron chi connectivity index (χ3n) is 3.00. The number of carbonyl (C=O) groups excluding carboxylic acids is 2. The highest BCUT2D eigenvalue weighted by molar-refractivity contribution is 6.06. The van der Waals surface area contributed by atoms with Gasteiger partial charge in [-0.05, 0) is 42.8 Å². The van der Waals surface area contributed by atoms with Gasteiger partial charge in [-0.25, -0.2) is 0 Å². The van der Waals surface area contributed by atoms with E-state index in [4.69, 9.17) is 4.74 Å². The first-order valence-electron chi connectivity index (χ1n) is 7.31. The van der Waals surface area contributed by atoms with E-state index in [1.165, 1.54) is 12.3 Å². The summed E-state index contributed by atoms with van der Waals surface area (Å²) < 4.78 is 5.36. The number of rotatable bonds is 7. The Bertz CT molecular complexity index is 679. The van der Waals surface area contributed by atoms with Crippen LogP contribution < -0.4 is 10.1 Å². The molecule has 0 aliphatic rings. The zero-order valence-electron chi connectivity index (χ0n) is 12.9. The molecular formula is C18H18N2O3. The molecule has 1 N–H and O–H groups in total. The number of carbonyl (C=O) groups is 2. The molecule has 0 saturated carbocycles. The van der Waals surface area contributed by atoms with Gasteiger partial charge in [-0.1, -0.05) is 18.2 Å². The maximum absolute atomic E-state index is 11.9. The topological polar surface area (TPSA) is 68.3 Å². The fourth-order valence-corrected chi connectivity index (χ4v) is 1.85. The number of aromatic nitrogens is 1. The van der Waals surface area contributed by atoms with E-state index in [0.717, 1.165) is 5.56 Å². The number of pyridine rings is 1. The first-order chi connectivity index (χ1) is 11.2. The maximum Gasteiger partial charge on any atom is 0.257 e. The van der Waals surface area contributed by atoms with Gasteiger partial charge in [0.05, 0.1) is 0 Å². The molecule has 0 atom stereocenters. The van der Waals surface area contributed by atoms with E-state index in [-0.39, 0.29) is 18.3 Å². The minimum atomic E-state index is -0.154. The number of ether oxygens (including phenoxy) is 1. The largest absolute Gasteiger partial charge is 0.484 e. The molecule has 0 spiro atoms. The molecular weight excluding hydrogens is 292 g/mol. The highest BCUT2D eigenvalue weighted by Gasteiger charge is 2.02. The van der Waals surface area contributed by atoms with E-state index >= 15 is 0 Å². The summed E-state index contributed by atoms with van der Waals surface area (Å²) in [5.74, 6) is 0.347. The SMILES string of the molecule is CCNC(=O)COc1ccc(C=CC(=O)c2cccnc2)cc1. The number of likely N-dealkylation sites (N-methyl/N-ethyl adjacent to an activating group) is 1. The van der Waals surface area contributed by atoms with Gasteiger partial charge >= 0.3 is 0 Å². The molecule has 1 aromatic carbocycles. The Morgan fingerprint density at radius 2 is 2.00 bits per heavy atom. The van der Waals surface area contributed by atoms with Crippen molar-refractivity contribution in [2.75, 3.05) is 13.2 Å². The molecule has 1 heterocycles. The van der Waals surface area contributed by atoms with E-state index in [1.54, 1.807) is 36.5 Å². The fraction of sp³-hybridized carbons (Fsp3) is 0.167. The van der Waals surface area contributed by atoms with Gasteiger partial charge in [0, 0.05) is 24.5 Å². The van der Waals surface area contributed by atoms with Crippen LogP contribution in [0.3, 0.4) is 0 Å². The molecule has 23 heavy (non-hydrogen) atoms. The van der Waals surface area contributed by atoms with Gasteiger partial charge in [0.25, 0.3) is 5.91 Å². The molecule has 1 aromatic heterocycles. The van der Waals surface area contributed by atoms with Gasteiger partial charge in [0.15, 0.2) is 12.4 Å². The zero-order valence-corrected chi connectivity index (χ0v) is 12.9. The predicted octanol–water partition coefficient (Wildman–Crippen LogP) is 2.49. The Balaban J connectivity index is 1.91. The average Bonchev–Trinajstić information content (AvgIpc) is 2.60. The van der Waals surface area contributed by atoms with E-state index in [0.29, 0.717) is 17.9 Å². The van der Waals surface area contributed by atoms with Crippen LogP contribution in [0.1, 0.15) is 22.8 Å². The van der Waals surface area contributed by atoms with Crippen molar-refractivity contribution in [3.63, 3.8) is 0 Å². The molecule has 5 nitrogen and oxygen atoms in total. The molecule has 2 rings (SSSR count). The van der Waals surface area contributed by atoms with Crippen LogP contribution in [-0.2, 0) is 4.79 Å². The molecule has 118 valence electrons. The van der Waals surface area contributed by atoms with E-state index < -0.39 is 0 Å². The first kappa shape index (κ1) is 16.4. The summed E-state index contributed by atoms with van der Waals surface area (Å²) in [5.41, 5.74) is 1.42. The third kappa shape index (κ3) is 5.39. The van der Waals surface area contributed by atoms with Crippen LogP contribution >= 0.6 is 0 Å². The van der Waals surface area contributed by atoms with Gasteiger partial charge in [-0.2, -0.15) is 0 Å². The highest BCUT2D eigenvalue weighted by Crippen LogP contribution is 2.13. The van der Waals surface area contributed by atoms with Crippen molar-refractivity contribution >= 4 is 17.8 Å². The molecule has 2 aromatic rings. The number of benzene rings is 1. The van der Waals surface area contributed by atoms with Crippen LogP contribution in [0, 0.1) is 0 Å². The van der Waals surface area contributed by atoms with Crippen molar-refractivity contribution in [2.24, 2.45) is 0 Å². The zero-order chi connectivity index (χ0) is 16.5. The molecule has 1 amide bonds. The minimum absolute atomic E-state index is 0.0114. The van der Waals surface area contributed by atoms with Crippen LogP contribution in [-0.4, -0.2) is 29.8 Å². The molecule has 5 heteroatoms. The lowest BCUT2D eigenvalue weighted by Crippen LogP contribution is -2.28. The summed E-state index contributed by atoms with van der Waals surface area (Å²) in [6.07, 6.45) is 6.38. The number of ketones is 1. The van der Waals surface area contributed by atoms with Gasteiger partial charge in [-0.3, -0.25) is 14.6 Å². The third-order valence-corrected chi connectivity index (χ3v) is 3.00. The van der Waals surface area contributed by atoms with Gasteiger partial charge < -0.3 is 10.1 Å². The molecule has 0 radical (unpaired) electrons. The Morgan fingerprint density at radius 1 is 1.22 bits per heavy atom. The van der Waals surface area contributed by atoms with Gasteiger partial charge in [0.1, 0.15) is 5.75 Å². The summed E-state index contributed by atoms with van der Waals surface area (Å²) in [7, 11) is 0. The molecule has 0 aliphatic heterocycles. The standard InChI is InChI=1S/C18H18N2O3/c1-2-20-18(22)13-23-16-8-5-14(6-9-16)7-10-17(21)15-4-3-11-19-12-15/h3-12H,2,13H2,1H3,(H,20,22). The average molecular weight is 310 g/mol. The second kappa shape index (κ2) is 8.48. The van der Waals surface area contributed by atoms with Gasteiger partial charge in [-0.15, -0.1) is 0 Å². The summed E-state index contributed by atoms with van der Waals surface area (Å²) >= 11 is 0. The van der Waals surface area contributed by atoms with E-state index in [9.17, 15) is 9.59 Å². The summed E-state index contributed by atoms with van der Waals surface area (Å²) in [4.78, 5) is 27.1. The van der Waals surface area contributed by atoms with Gasteiger partial charge in [0.2, 0.25) is 0 Å². The Hall–Kier alpha value is -2.95. The monoisotopic (exact) mass is 310 g/mol. The van der Waals surface area contributed by atoms with E-state index in [1.807, 2.05) is 19.1 Å². The number of allylic oxidation sites excluding steroid dienone is 1. The van der Waals surface area contributed by atoms with Crippen molar-refractivity contribution in [2.45, 2.75) is 6.92 Å². The quantitative estimate of drug-likeness (QED) is 0.630. The van der Waals surface area contributed by atoms with Crippen LogP contribution in [0.15, 0.2) is 54.9 Å². The van der Waals surface area contributed by atoms with Crippen molar-refractivity contribution in [1.29, 1.82) is 0 Å². The summed E-state index contributed by atoms with van der Waals surface area (Å²) in [6, 6.07) is 10.6. The fourth-order valence-electron chi connectivity index (χ4n) is 1.85. The second-order valence-corrected chi connectivity index (χ2v) is 4.75. The Labute approximate surface area is 135 Å². The minimum Gasteiger partial charge on any atom is -0.484 e. The summed E-state index contributed by atoms with van der Waals surface area (Å²) in [6.45, 7) is 2.42. The lowest BCUT2D eigenvalue weighted by Gasteiger charge is -2.06. The molecule has 0 bridgehead atoms. The van der Waals surface area contributed by atoms with Crippen molar-refractivity contribution in [3.05, 3.63) is 66.0 Å². The number of amides is 1. The normalized spacial score (nSPS) is 10.5. The lowest BCUT2D eigenvalue weighted by molar-refractivity contribution is -0.122. The number of hydrogen-bond donors (Lipinski definition) is 1. The molecule has 0 aliphatic carbocycles. The highest BCUT2D eigenvalue weighted by atomic mass is 16.5. The molecule has 0 fully saturated rings. The van der Waals surface area contributed by atoms with E-state index in [2.05, 4.69) is 10.3 Å². The first-order valence-corrected chi connectivity index (χ1v) is 7.31. The van der Waals surface area contributed by atoms with Crippen molar-refractivity contribution in [1.82, 2.24) is 10.3 Å². The van der Waals surface area contributed by atoms with Crippen molar-refractivity contribution < 1.29 is 14.3 Å². The number of hydrogen-bond acceptors (Lipinski definition) is 4. The second-order valence-electron chi connectivity index (χ2n) is 4.75. The maximum atomic E-state index is 11.9. The van der Waals surface area contributed by atoms with Crippen LogP contribution in [0.4, 0.5) is 0 Å². The molecule has 0 saturated heterocycles. The predicted molar refractivity (Wildman–Crippen MR) is 88.2 cm³/mol. The summed E-state index contributed by atoms with van der Waals surface area (Å²) in [5, 5.41) is 2.66.